The lowest BCUT2D eigenvalue weighted by Gasteiger charge is -2.53. The number of carbonyl (C=O) groups is 3. The van der Waals surface area contributed by atoms with E-state index in [-0.39, 0.29) is 31.3 Å². The van der Waals surface area contributed by atoms with Gasteiger partial charge in [0, 0.05) is 11.3 Å². The van der Waals surface area contributed by atoms with E-state index in [0.29, 0.717) is 5.57 Å². The Kier molecular flexibility index (Phi) is 9.91. The molecule has 204 valence electrons. The molecule has 0 radical (unpaired) electrons. The minimum atomic E-state index is -1.81. The lowest BCUT2D eigenvalue weighted by molar-refractivity contribution is -0.725. The van der Waals surface area contributed by atoms with Crippen LogP contribution in [0.2, 0.25) is 0 Å². The first-order chi connectivity index (χ1) is 17.6. The van der Waals surface area contributed by atoms with E-state index in [0.717, 1.165) is 12.1 Å². The van der Waals surface area contributed by atoms with Crippen molar-refractivity contribution in [2.75, 3.05) is 0 Å². The van der Waals surface area contributed by atoms with Crippen LogP contribution in [0.15, 0.2) is 48.8 Å². The third kappa shape index (κ3) is 5.77. The highest BCUT2D eigenvalue weighted by Gasteiger charge is 2.64. The van der Waals surface area contributed by atoms with Gasteiger partial charge in [-0.25, -0.2) is 0 Å². The van der Waals surface area contributed by atoms with Crippen LogP contribution in [0.25, 0.3) is 0 Å². The van der Waals surface area contributed by atoms with Crippen LogP contribution in [0.1, 0.15) is 104 Å². The van der Waals surface area contributed by atoms with E-state index in [2.05, 4.69) is 25.1 Å². The third-order valence-electron chi connectivity index (χ3n) is 8.89. The van der Waals surface area contributed by atoms with Gasteiger partial charge in [-0.2, -0.15) is 0 Å². The molecule has 0 aromatic carbocycles. The number of quaternary nitrogens is 1. The molecule has 0 spiro atoms. The van der Waals surface area contributed by atoms with E-state index in [1.807, 2.05) is 0 Å². The van der Waals surface area contributed by atoms with Crippen LogP contribution in [0.4, 0.5) is 0 Å². The molecule has 0 aromatic heterocycles. The molecule has 3 saturated carbocycles. The highest BCUT2D eigenvalue weighted by Crippen LogP contribution is 2.56. The number of hydrogen-bond donors (Lipinski definition) is 1. The van der Waals surface area contributed by atoms with Gasteiger partial charge in [-0.15, -0.1) is 18.9 Å². The van der Waals surface area contributed by atoms with Crippen molar-refractivity contribution >= 4 is 17.3 Å². The summed E-state index contributed by atoms with van der Waals surface area (Å²) in [6, 6.07) is 1.99. The van der Waals surface area contributed by atoms with Crippen molar-refractivity contribution in [3.8, 4) is 0 Å². The lowest BCUT2D eigenvalue weighted by atomic mass is 9.49. The Hall–Kier alpha value is -2.27. The maximum Gasteiger partial charge on any atom is 0.179 e. The molecule has 0 saturated heterocycles. The van der Waals surface area contributed by atoms with E-state index in [1.54, 1.807) is 13.8 Å². The first kappa shape index (κ1) is 29.3. The molecule has 0 aromatic rings. The molecular weight excluding hydrogens is 462 g/mol. The van der Waals surface area contributed by atoms with Crippen molar-refractivity contribution < 1.29 is 24.8 Å². The highest BCUT2D eigenvalue weighted by atomic mass is 16.3. The first-order valence-electron chi connectivity index (χ1n) is 14.4. The van der Waals surface area contributed by atoms with Crippen LogP contribution in [-0.4, -0.2) is 29.4 Å². The summed E-state index contributed by atoms with van der Waals surface area (Å²) in [7, 11) is 0. The van der Waals surface area contributed by atoms with E-state index < -0.39 is 39.9 Å². The third-order valence-corrected chi connectivity index (χ3v) is 8.89. The Balaban J connectivity index is 0.000000244. The first-order valence-corrected chi connectivity index (χ1v) is 14.4. The molecule has 0 aliphatic heterocycles. The summed E-state index contributed by atoms with van der Waals surface area (Å²) >= 11 is 0. The van der Waals surface area contributed by atoms with Crippen LogP contribution >= 0.6 is 0 Å². The maximum absolute atomic E-state index is 13.3. The van der Waals surface area contributed by atoms with Crippen LogP contribution in [0.3, 0.4) is 0 Å². The fourth-order valence-electron chi connectivity index (χ4n) is 7.13. The van der Waals surface area contributed by atoms with Crippen LogP contribution in [0, 0.1) is 16.7 Å². The summed E-state index contributed by atoms with van der Waals surface area (Å²) in [5.41, 5.74) is -2.63. The number of carbonyl (C=O) groups excluding carboxylic acids is 3. The minimum absolute atomic E-state index is 0.00546. The second-order valence-electron chi connectivity index (χ2n) is 12.1. The van der Waals surface area contributed by atoms with Gasteiger partial charge in [0.15, 0.2) is 22.8 Å². The number of Topliss-reactive ketones (excluding diaryl/α,β-unsaturated/α-hetero) is 3. The SMILES string of the molecule is C1CCC([NH2+]C2CCCCC2)CC1.C=CCC1=C([O-])[C@]2(CC=C)CC(=C)C[C@](C(=O)C(C)C)(C1=O)C2=O. The Morgan fingerprint density at radius 1 is 0.973 bits per heavy atom. The van der Waals surface area contributed by atoms with Crippen molar-refractivity contribution in [2.45, 2.75) is 116 Å². The van der Waals surface area contributed by atoms with Gasteiger partial charge in [0.05, 0.1) is 12.1 Å². The van der Waals surface area contributed by atoms with Gasteiger partial charge in [-0.3, -0.25) is 14.4 Å². The topological polar surface area (TPSA) is 90.9 Å². The number of hydrogen-bond acceptors (Lipinski definition) is 4. The zero-order valence-corrected chi connectivity index (χ0v) is 23.1. The van der Waals surface area contributed by atoms with Crippen LogP contribution in [-0.2, 0) is 14.4 Å². The molecule has 0 heterocycles. The summed E-state index contributed by atoms with van der Waals surface area (Å²) in [5.74, 6) is -2.64. The summed E-state index contributed by atoms with van der Waals surface area (Å²) in [6.45, 7) is 14.5. The molecule has 2 bridgehead atoms. The predicted octanol–water partition coefficient (Wildman–Crippen LogP) is 4.67. The smallest absolute Gasteiger partial charge is 0.179 e. The highest BCUT2D eigenvalue weighted by molar-refractivity contribution is 6.33. The molecule has 2 N–H and O–H groups in total. The predicted molar refractivity (Wildman–Crippen MR) is 145 cm³/mol. The summed E-state index contributed by atoms with van der Waals surface area (Å²) < 4.78 is 0. The van der Waals surface area contributed by atoms with Crippen LogP contribution in [0.5, 0.6) is 0 Å². The Labute approximate surface area is 223 Å². The number of ketones is 3. The molecule has 4 aliphatic rings. The van der Waals surface area contributed by atoms with E-state index in [1.165, 1.54) is 76.4 Å². The minimum Gasteiger partial charge on any atom is -0.874 e. The fourth-order valence-corrected chi connectivity index (χ4v) is 7.13. The fraction of sp³-hybridized carbons (Fsp3) is 0.656. The van der Waals surface area contributed by atoms with Gasteiger partial charge in [0.2, 0.25) is 0 Å². The van der Waals surface area contributed by atoms with Gasteiger partial charge >= 0.3 is 0 Å². The number of allylic oxidation sites excluding steroid dienone is 5. The standard InChI is InChI=1S/C20H24O4.C12H23N/c1-6-8-14-16(22)19(9-7-2)10-13(5)11-20(17(14)23,18(19)24)15(21)12(3)4;1-3-7-11(8-4-1)13-12-9-5-2-6-10-12/h6-7,12,22H,1-2,5,8-11H2,3-4H3;11-13H,1-10H2/t19-,20-;/m0./s1. The van der Waals surface area contributed by atoms with Crippen molar-refractivity contribution in [3.63, 3.8) is 0 Å². The lowest BCUT2D eigenvalue weighted by Crippen LogP contribution is -2.95. The van der Waals surface area contributed by atoms with Gasteiger partial charge in [-0.05, 0) is 82.6 Å². The quantitative estimate of drug-likeness (QED) is 0.380. The monoisotopic (exact) mass is 509 g/mol. The van der Waals surface area contributed by atoms with Crippen molar-refractivity contribution in [3.05, 3.63) is 48.8 Å². The van der Waals surface area contributed by atoms with Gasteiger partial charge in [0.1, 0.15) is 0 Å². The number of fused-ring (bicyclic) bond motifs is 2. The van der Waals surface area contributed by atoms with E-state index >= 15 is 0 Å². The zero-order chi connectivity index (χ0) is 27.2. The largest absolute Gasteiger partial charge is 0.874 e. The molecule has 2 atom stereocenters. The second-order valence-corrected chi connectivity index (χ2v) is 12.1. The second kappa shape index (κ2) is 12.5. The van der Waals surface area contributed by atoms with E-state index in [4.69, 9.17) is 0 Å². The summed E-state index contributed by atoms with van der Waals surface area (Å²) in [4.78, 5) is 39.3. The molecule has 5 nitrogen and oxygen atoms in total. The molecule has 4 aliphatic carbocycles. The van der Waals surface area contributed by atoms with E-state index in [9.17, 15) is 19.5 Å². The molecule has 5 heteroatoms. The summed E-state index contributed by atoms with van der Waals surface area (Å²) in [6.07, 6.45) is 18.2. The molecule has 37 heavy (non-hydrogen) atoms. The normalized spacial score (nSPS) is 29.1. The number of nitrogens with two attached hydrogens (primary N) is 1. The Bertz CT molecular complexity index is 932. The molecule has 3 fully saturated rings. The van der Waals surface area contributed by atoms with Crippen LogP contribution < -0.4 is 10.4 Å². The maximum atomic E-state index is 13.3. The van der Waals surface area contributed by atoms with Gasteiger partial charge in [-0.1, -0.05) is 51.0 Å². The van der Waals surface area contributed by atoms with Gasteiger partial charge < -0.3 is 10.4 Å². The molecule has 0 amide bonds. The van der Waals surface area contributed by atoms with Gasteiger partial charge in [0.25, 0.3) is 0 Å². The van der Waals surface area contributed by atoms with Crippen molar-refractivity contribution in [1.29, 1.82) is 0 Å². The average molecular weight is 510 g/mol. The van der Waals surface area contributed by atoms with Crippen molar-refractivity contribution in [1.82, 2.24) is 0 Å². The Morgan fingerprint density at radius 2 is 1.51 bits per heavy atom. The average Bonchev–Trinajstić information content (AvgIpc) is 2.89. The zero-order valence-electron chi connectivity index (χ0n) is 23.1. The van der Waals surface area contributed by atoms with Crippen molar-refractivity contribution in [2.24, 2.45) is 16.7 Å². The molecular formula is C32H47NO4. The summed E-state index contributed by atoms with van der Waals surface area (Å²) in [5, 5.41) is 15.7. The molecule has 0 unspecified atom stereocenters. The Morgan fingerprint density at radius 3 is 1.97 bits per heavy atom. The number of rotatable bonds is 8. The molecule has 4 rings (SSSR count).